The van der Waals surface area contributed by atoms with Gasteiger partial charge < -0.3 is 10.0 Å². The topological polar surface area (TPSA) is 52.9 Å². The number of hydrogen-bond acceptors (Lipinski definition) is 2. The molecule has 1 N–H and O–H groups in total. The van der Waals surface area contributed by atoms with Crippen molar-refractivity contribution in [3.05, 3.63) is 0 Å². The number of aliphatic imine (C=N–C) groups is 1. The van der Waals surface area contributed by atoms with Crippen LogP contribution in [0.4, 0.5) is 0 Å². The molecule has 0 saturated carbocycles. The highest BCUT2D eigenvalue weighted by atomic mass is 16.4. The highest BCUT2D eigenvalue weighted by Gasteiger charge is 2.03. The Morgan fingerprint density at radius 3 is 2.50 bits per heavy atom. The van der Waals surface area contributed by atoms with Crippen molar-refractivity contribution in [3.63, 3.8) is 0 Å². The van der Waals surface area contributed by atoms with Crippen LogP contribution in [-0.4, -0.2) is 42.5 Å². The molecule has 0 unspecified atom stereocenters. The van der Waals surface area contributed by atoms with Crippen LogP contribution in [0.2, 0.25) is 0 Å². The van der Waals surface area contributed by atoms with Crippen molar-refractivity contribution in [1.29, 1.82) is 0 Å². The molecule has 0 rings (SSSR count). The Kier molecular flexibility index (Phi) is 3.46. The maximum atomic E-state index is 10.1. The Balaban J connectivity index is 3.85. The number of amidine groups is 1. The first-order chi connectivity index (χ1) is 4.57. The predicted molar refractivity (Wildman–Crippen MR) is 39.3 cm³/mol. The van der Waals surface area contributed by atoms with E-state index in [4.69, 9.17) is 5.11 Å². The van der Waals surface area contributed by atoms with Crippen molar-refractivity contribution in [2.24, 2.45) is 4.99 Å². The highest BCUT2D eigenvalue weighted by molar-refractivity contribution is 5.83. The molecule has 0 spiro atoms. The molecular formula is C6H12N2O2. The van der Waals surface area contributed by atoms with Crippen LogP contribution in [-0.2, 0) is 4.79 Å². The summed E-state index contributed by atoms with van der Waals surface area (Å²) in [6, 6.07) is 0. The number of carboxylic acids is 1. The highest BCUT2D eigenvalue weighted by Crippen LogP contribution is 1.84. The largest absolute Gasteiger partial charge is 0.480 e. The molecule has 0 radical (unpaired) electrons. The number of nitrogens with zero attached hydrogens (tertiary/aromatic N) is 2. The van der Waals surface area contributed by atoms with Crippen LogP contribution in [0.1, 0.15) is 6.92 Å². The lowest BCUT2D eigenvalue weighted by molar-refractivity contribution is -0.137. The summed E-state index contributed by atoms with van der Waals surface area (Å²) in [5, 5.41) is 8.33. The Bertz CT molecular complexity index is 154. The van der Waals surface area contributed by atoms with Gasteiger partial charge in [0, 0.05) is 14.1 Å². The third kappa shape index (κ3) is 3.06. The number of aliphatic carboxylic acids is 1. The van der Waals surface area contributed by atoms with Gasteiger partial charge in [0.25, 0.3) is 0 Å². The number of likely N-dealkylation sites (N-methyl/N-ethyl adjacent to an activating group) is 1. The second kappa shape index (κ2) is 3.87. The molecule has 4 heteroatoms. The van der Waals surface area contributed by atoms with E-state index in [2.05, 4.69) is 4.99 Å². The van der Waals surface area contributed by atoms with E-state index in [1.54, 1.807) is 25.9 Å². The van der Waals surface area contributed by atoms with Crippen molar-refractivity contribution in [3.8, 4) is 0 Å². The molecule has 0 aliphatic rings. The van der Waals surface area contributed by atoms with E-state index in [0.717, 1.165) is 5.84 Å². The zero-order valence-corrected chi connectivity index (χ0v) is 6.46. The summed E-state index contributed by atoms with van der Waals surface area (Å²) in [4.78, 5) is 15.5. The van der Waals surface area contributed by atoms with Gasteiger partial charge >= 0.3 is 5.97 Å². The smallest absolute Gasteiger partial charge is 0.323 e. The minimum absolute atomic E-state index is 0.00315. The zero-order chi connectivity index (χ0) is 8.15. The maximum absolute atomic E-state index is 10.1. The summed E-state index contributed by atoms with van der Waals surface area (Å²) < 4.78 is 0. The second-order valence-electron chi connectivity index (χ2n) is 2.02. The van der Waals surface area contributed by atoms with Crippen molar-refractivity contribution in [1.82, 2.24) is 4.90 Å². The molecule has 0 fully saturated rings. The van der Waals surface area contributed by atoms with E-state index in [9.17, 15) is 4.79 Å². The van der Waals surface area contributed by atoms with E-state index >= 15 is 0 Å². The van der Waals surface area contributed by atoms with E-state index in [0.29, 0.717) is 0 Å². The zero-order valence-electron chi connectivity index (χ0n) is 6.46. The summed E-state index contributed by atoms with van der Waals surface area (Å²) in [6.45, 7) is 1.77. The van der Waals surface area contributed by atoms with Gasteiger partial charge in [-0.15, -0.1) is 0 Å². The van der Waals surface area contributed by atoms with Crippen LogP contribution in [0.3, 0.4) is 0 Å². The fourth-order valence-electron chi connectivity index (χ4n) is 0.488. The third-order valence-corrected chi connectivity index (χ3v) is 1.25. The molecule has 0 aromatic rings. The lowest BCUT2D eigenvalue weighted by atomic mass is 10.5. The van der Waals surface area contributed by atoms with E-state index in [1.807, 2.05) is 0 Å². The molecule has 0 amide bonds. The SMILES string of the molecule is C/N=C(/C)N(C)CC(=O)O. The van der Waals surface area contributed by atoms with E-state index < -0.39 is 5.97 Å². The van der Waals surface area contributed by atoms with E-state index in [-0.39, 0.29) is 6.54 Å². The summed E-state index contributed by atoms with van der Waals surface area (Å²) in [5.41, 5.74) is 0. The Morgan fingerprint density at radius 2 is 2.20 bits per heavy atom. The first-order valence-electron chi connectivity index (χ1n) is 2.94. The molecular weight excluding hydrogens is 132 g/mol. The number of hydrogen-bond donors (Lipinski definition) is 1. The maximum Gasteiger partial charge on any atom is 0.323 e. The molecule has 0 atom stereocenters. The minimum atomic E-state index is -0.842. The molecule has 0 heterocycles. The molecule has 0 aromatic heterocycles. The van der Waals surface area contributed by atoms with Gasteiger partial charge in [0.2, 0.25) is 0 Å². The van der Waals surface area contributed by atoms with Crippen LogP contribution in [0.25, 0.3) is 0 Å². The first kappa shape index (κ1) is 8.94. The molecule has 0 saturated heterocycles. The number of rotatable bonds is 2. The molecule has 0 aliphatic heterocycles. The van der Waals surface area contributed by atoms with Gasteiger partial charge in [-0.2, -0.15) is 0 Å². The van der Waals surface area contributed by atoms with Crippen LogP contribution >= 0.6 is 0 Å². The van der Waals surface area contributed by atoms with Gasteiger partial charge in [-0.05, 0) is 6.92 Å². The van der Waals surface area contributed by atoms with Crippen LogP contribution in [0.5, 0.6) is 0 Å². The summed E-state index contributed by atoms with van der Waals surface area (Å²) in [7, 11) is 3.32. The lowest BCUT2D eigenvalue weighted by Gasteiger charge is -2.14. The lowest BCUT2D eigenvalue weighted by Crippen LogP contribution is -2.29. The minimum Gasteiger partial charge on any atom is -0.480 e. The monoisotopic (exact) mass is 144 g/mol. The molecule has 4 nitrogen and oxygen atoms in total. The Labute approximate surface area is 60.2 Å². The quantitative estimate of drug-likeness (QED) is 0.440. The molecule has 0 bridgehead atoms. The van der Waals surface area contributed by atoms with Crippen LogP contribution < -0.4 is 0 Å². The van der Waals surface area contributed by atoms with Crippen molar-refractivity contribution >= 4 is 11.8 Å². The van der Waals surface area contributed by atoms with Crippen molar-refractivity contribution < 1.29 is 9.90 Å². The number of carboxylic acid groups (broad SMARTS) is 1. The third-order valence-electron chi connectivity index (χ3n) is 1.25. The van der Waals surface area contributed by atoms with Gasteiger partial charge in [0.05, 0.1) is 5.84 Å². The standard InChI is InChI=1S/C6H12N2O2/c1-5(7-2)8(3)4-6(9)10/h4H2,1-3H3,(H,9,10)/b7-5-. The second-order valence-corrected chi connectivity index (χ2v) is 2.02. The predicted octanol–water partition coefficient (Wildman–Crippen LogP) is 0.0510. The van der Waals surface area contributed by atoms with Crippen molar-refractivity contribution in [2.45, 2.75) is 6.92 Å². The average Bonchev–Trinajstić information content (AvgIpc) is 1.85. The molecule has 0 aromatic carbocycles. The average molecular weight is 144 g/mol. The first-order valence-corrected chi connectivity index (χ1v) is 2.94. The fraction of sp³-hybridized carbons (Fsp3) is 0.667. The van der Waals surface area contributed by atoms with Gasteiger partial charge in [-0.3, -0.25) is 9.79 Å². The van der Waals surface area contributed by atoms with Gasteiger partial charge in [-0.1, -0.05) is 0 Å². The van der Waals surface area contributed by atoms with Crippen LogP contribution in [0.15, 0.2) is 4.99 Å². The summed E-state index contributed by atoms with van der Waals surface area (Å²) in [5.74, 6) is -0.118. The molecule has 58 valence electrons. The van der Waals surface area contributed by atoms with Crippen molar-refractivity contribution in [2.75, 3.05) is 20.6 Å². The van der Waals surface area contributed by atoms with Gasteiger partial charge in [0.1, 0.15) is 6.54 Å². The Morgan fingerprint density at radius 1 is 1.70 bits per heavy atom. The van der Waals surface area contributed by atoms with Crippen LogP contribution in [0, 0.1) is 0 Å². The Hall–Kier alpha value is -1.06. The fourth-order valence-corrected chi connectivity index (χ4v) is 0.488. The summed E-state index contributed by atoms with van der Waals surface area (Å²) >= 11 is 0. The molecule has 10 heavy (non-hydrogen) atoms. The van der Waals surface area contributed by atoms with E-state index in [1.165, 1.54) is 0 Å². The van der Waals surface area contributed by atoms with Gasteiger partial charge in [-0.25, -0.2) is 0 Å². The number of carbonyl (C=O) groups is 1. The normalized spacial score (nSPS) is 11.3. The summed E-state index contributed by atoms with van der Waals surface area (Å²) in [6.07, 6.45) is 0. The molecule has 0 aliphatic carbocycles. The van der Waals surface area contributed by atoms with Gasteiger partial charge in [0.15, 0.2) is 0 Å².